The number of halogens is 2. The molecule has 0 aliphatic carbocycles. The molecule has 0 saturated carbocycles. The van der Waals surface area contributed by atoms with Crippen LogP contribution in [0.25, 0.3) is 0 Å². The lowest BCUT2D eigenvalue weighted by Crippen LogP contribution is -2.46. The van der Waals surface area contributed by atoms with E-state index in [1.165, 1.54) is 28.8 Å². The fourth-order valence-corrected chi connectivity index (χ4v) is 2.98. The summed E-state index contributed by atoms with van der Waals surface area (Å²) in [5.41, 5.74) is 1.33. The Morgan fingerprint density at radius 1 is 1.50 bits per heavy atom. The fourth-order valence-electron chi connectivity index (χ4n) is 1.76. The van der Waals surface area contributed by atoms with Crippen molar-refractivity contribution in [2.45, 2.75) is 13.3 Å². The summed E-state index contributed by atoms with van der Waals surface area (Å²) in [6.07, 6.45) is 1.29. The molecule has 1 aliphatic heterocycles. The van der Waals surface area contributed by atoms with Crippen LogP contribution < -0.4 is 4.90 Å². The molecule has 1 nitrogen and oxygen atoms in total. The van der Waals surface area contributed by atoms with E-state index in [2.05, 4.69) is 40.5 Å². The Kier molecular flexibility index (Phi) is 3.22. The van der Waals surface area contributed by atoms with Crippen molar-refractivity contribution < 1.29 is 0 Å². The van der Waals surface area contributed by atoms with Crippen LogP contribution in [0.4, 0.5) is 5.69 Å². The molecule has 1 aromatic rings. The molecule has 0 spiro atoms. The Morgan fingerprint density at radius 2 is 2.21 bits per heavy atom. The lowest BCUT2D eigenvalue weighted by Gasteiger charge is -2.41. The van der Waals surface area contributed by atoms with Crippen LogP contribution in [0.5, 0.6) is 0 Å². The van der Waals surface area contributed by atoms with E-state index >= 15 is 0 Å². The summed E-state index contributed by atoms with van der Waals surface area (Å²) < 4.78 is 1.25. The van der Waals surface area contributed by atoms with Gasteiger partial charge in [0.1, 0.15) is 0 Å². The highest BCUT2D eigenvalue weighted by atomic mass is 127. The summed E-state index contributed by atoms with van der Waals surface area (Å²) in [5, 5.41) is 0.825. The van der Waals surface area contributed by atoms with Gasteiger partial charge in [-0.3, -0.25) is 0 Å². The van der Waals surface area contributed by atoms with E-state index < -0.39 is 0 Å². The molecule has 1 saturated heterocycles. The van der Waals surface area contributed by atoms with Crippen LogP contribution in [-0.2, 0) is 0 Å². The number of anilines is 1. The average molecular weight is 322 g/mol. The molecule has 76 valence electrons. The van der Waals surface area contributed by atoms with Crippen molar-refractivity contribution in [1.82, 2.24) is 0 Å². The summed E-state index contributed by atoms with van der Waals surface area (Å²) >= 11 is 8.27. The lowest BCUT2D eigenvalue weighted by atomic mass is 9.97. The number of benzene rings is 1. The van der Waals surface area contributed by atoms with Crippen molar-refractivity contribution in [3.63, 3.8) is 0 Å². The zero-order chi connectivity index (χ0) is 10.1. The summed E-state index contributed by atoms with van der Waals surface area (Å²) in [7, 11) is 0. The van der Waals surface area contributed by atoms with Crippen LogP contribution >= 0.6 is 34.2 Å². The second-order valence-electron chi connectivity index (χ2n) is 3.77. The van der Waals surface area contributed by atoms with Crippen LogP contribution in [0.3, 0.4) is 0 Å². The first kappa shape index (κ1) is 10.6. The molecule has 1 aliphatic rings. The van der Waals surface area contributed by atoms with Gasteiger partial charge in [-0.25, -0.2) is 0 Å². The lowest BCUT2D eigenvalue weighted by molar-refractivity contribution is 0.398. The first-order valence-corrected chi connectivity index (χ1v) is 6.36. The predicted molar refractivity (Wildman–Crippen MR) is 70.2 cm³/mol. The third-order valence-electron chi connectivity index (χ3n) is 2.78. The quantitative estimate of drug-likeness (QED) is 0.749. The van der Waals surface area contributed by atoms with Gasteiger partial charge in [-0.1, -0.05) is 18.5 Å². The van der Waals surface area contributed by atoms with E-state index in [0.717, 1.165) is 10.9 Å². The van der Waals surface area contributed by atoms with E-state index in [4.69, 9.17) is 11.6 Å². The summed E-state index contributed by atoms with van der Waals surface area (Å²) in [6, 6.07) is 6.12. The minimum atomic E-state index is 0.825. The monoisotopic (exact) mass is 321 g/mol. The number of hydrogen-bond acceptors (Lipinski definition) is 1. The van der Waals surface area contributed by atoms with E-state index in [0.29, 0.717) is 0 Å². The number of rotatable bonds is 2. The first-order valence-electron chi connectivity index (χ1n) is 4.90. The Morgan fingerprint density at radius 3 is 2.79 bits per heavy atom. The summed E-state index contributed by atoms with van der Waals surface area (Å²) in [6.45, 7) is 4.66. The van der Waals surface area contributed by atoms with Crippen LogP contribution in [0.15, 0.2) is 18.2 Å². The normalized spacial score (nSPS) is 16.9. The molecule has 0 aromatic heterocycles. The number of nitrogens with zero attached hydrogens (tertiary/aromatic N) is 1. The second kappa shape index (κ2) is 4.27. The maximum atomic E-state index is 5.92. The van der Waals surface area contributed by atoms with Gasteiger partial charge < -0.3 is 4.90 Å². The van der Waals surface area contributed by atoms with E-state index in [9.17, 15) is 0 Å². The van der Waals surface area contributed by atoms with Crippen molar-refractivity contribution in [2.75, 3.05) is 18.0 Å². The SMILES string of the molecule is CCC1CN(c2ccc(Cl)cc2I)C1. The summed E-state index contributed by atoms with van der Waals surface area (Å²) in [4.78, 5) is 2.42. The second-order valence-corrected chi connectivity index (χ2v) is 5.37. The highest BCUT2D eigenvalue weighted by Crippen LogP contribution is 2.31. The predicted octanol–water partition coefficient (Wildman–Crippen LogP) is 3.79. The topological polar surface area (TPSA) is 3.24 Å². The van der Waals surface area contributed by atoms with Gasteiger partial charge in [0.25, 0.3) is 0 Å². The standard InChI is InChI=1S/C11H13ClIN/c1-2-8-6-14(7-8)11-4-3-9(12)5-10(11)13/h3-5,8H,2,6-7H2,1H3. The van der Waals surface area contributed by atoms with Gasteiger partial charge >= 0.3 is 0 Å². The van der Waals surface area contributed by atoms with Crippen LogP contribution in [0.2, 0.25) is 5.02 Å². The molecule has 0 radical (unpaired) electrons. The van der Waals surface area contributed by atoms with Gasteiger partial charge in [0.15, 0.2) is 0 Å². The third kappa shape index (κ3) is 2.01. The third-order valence-corrected chi connectivity index (χ3v) is 3.88. The van der Waals surface area contributed by atoms with Gasteiger partial charge in [-0.2, -0.15) is 0 Å². The zero-order valence-electron chi connectivity index (χ0n) is 8.13. The molecular weight excluding hydrogens is 308 g/mol. The van der Waals surface area contributed by atoms with Crippen LogP contribution in [0.1, 0.15) is 13.3 Å². The average Bonchev–Trinajstić information content (AvgIpc) is 2.06. The molecular formula is C11H13ClIN. The van der Waals surface area contributed by atoms with Crippen LogP contribution in [-0.4, -0.2) is 13.1 Å². The molecule has 0 atom stereocenters. The van der Waals surface area contributed by atoms with Gasteiger partial charge in [0.05, 0.1) is 5.69 Å². The minimum Gasteiger partial charge on any atom is -0.370 e. The zero-order valence-corrected chi connectivity index (χ0v) is 11.0. The molecule has 0 amide bonds. The Balaban J connectivity index is 2.11. The van der Waals surface area contributed by atoms with Crippen molar-refractivity contribution in [1.29, 1.82) is 0 Å². The van der Waals surface area contributed by atoms with Crippen LogP contribution in [0, 0.1) is 9.49 Å². The maximum absolute atomic E-state index is 5.92. The Bertz CT molecular complexity index is 334. The van der Waals surface area contributed by atoms with E-state index in [-0.39, 0.29) is 0 Å². The van der Waals surface area contributed by atoms with Gasteiger partial charge in [0, 0.05) is 21.7 Å². The molecule has 1 fully saturated rings. The van der Waals surface area contributed by atoms with Gasteiger partial charge in [-0.05, 0) is 53.1 Å². The molecule has 1 heterocycles. The van der Waals surface area contributed by atoms with E-state index in [1.807, 2.05) is 12.1 Å². The Labute approximate surface area is 104 Å². The molecule has 0 bridgehead atoms. The summed E-state index contributed by atoms with van der Waals surface area (Å²) in [5.74, 6) is 0.890. The highest BCUT2D eigenvalue weighted by Gasteiger charge is 2.26. The molecule has 14 heavy (non-hydrogen) atoms. The van der Waals surface area contributed by atoms with Gasteiger partial charge in [-0.15, -0.1) is 0 Å². The maximum Gasteiger partial charge on any atom is 0.0503 e. The molecule has 1 aromatic carbocycles. The van der Waals surface area contributed by atoms with Gasteiger partial charge in [0.2, 0.25) is 0 Å². The van der Waals surface area contributed by atoms with E-state index in [1.54, 1.807) is 0 Å². The molecule has 2 rings (SSSR count). The fraction of sp³-hybridized carbons (Fsp3) is 0.455. The Hall–Kier alpha value is 0.0400. The van der Waals surface area contributed by atoms with Crippen molar-refractivity contribution >= 4 is 39.9 Å². The number of hydrogen-bond donors (Lipinski definition) is 0. The molecule has 0 N–H and O–H groups in total. The smallest absolute Gasteiger partial charge is 0.0503 e. The van der Waals surface area contributed by atoms with Crippen molar-refractivity contribution in [2.24, 2.45) is 5.92 Å². The minimum absolute atomic E-state index is 0.825. The highest BCUT2D eigenvalue weighted by molar-refractivity contribution is 14.1. The van der Waals surface area contributed by atoms with Crippen molar-refractivity contribution in [3.05, 3.63) is 26.8 Å². The van der Waals surface area contributed by atoms with Crippen molar-refractivity contribution in [3.8, 4) is 0 Å². The molecule has 3 heteroatoms. The largest absolute Gasteiger partial charge is 0.370 e. The first-order chi connectivity index (χ1) is 6.70. The molecule has 0 unspecified atom stereocenters.